The maximum atomic E-state index is 13.4. The van der Waals surface area contributed by atoms with E-state index >= 15 is 0 Å². The molecule has 2 nitrogen and oxygen atoms in total. The Kier molecular flexibility index (Phi) is 2.86. The van der Waals surface area contributed by atoms with Crippen LogP contribution in [0.15, 0.2) is 18.2 Å². The summed E-state index contributed by atoms with van der Waals surface area (Å²) in [7, 11) is 0. The van der Waals surface area contributed by atoms with Gasteiger partial charge in [0.1, 0.15) is 11.6 Å². The minimum absolute atomic E-state index is 0.174. The molecule has 108 valence electrons. The van der Waals surface area contributed by atoms with Gasteiger partial charge in [0.05, 0.1) is 0 Å². The molecule has 1 aromatic carbocycles. The van der Waals surface area contributed by atoms with Gasteiger partial charge >= 0.3 is 0 Å². The van der Waals surface area contributed by atoms with Crippen LogP contribution in [-0.4, -0.2) is 30.6 Å². The first-order chi connectivity index (χ1) is 9.64. The molecule has 0 aromatic heterocycles. The van der Waals surface area contributed by atoms with E-state index < -0.39 is 11.6 Å². The fourth-order valence-electron chi connectivity index (χ4n) is 3.95. The molecule has 1 aliphatic carbocycles. The maximum absolute atomic E-state index is 13.4. The van der Waals surface area contributed by atoms with Gasteiger partial charge in [-0.15, -0.1) is 0 Å². The molecule has 4 fully saturated rings. The maximum Gasteiger partial charge on any atom is 0.126 e. The topological polar surface area (TPSA) is 15.3 Å². The van der Waals surface area contributed by atoms with Crippen LogP contribution >= 0.6 is 0 Å². The number of halogens is 2. The van der Waals surface area contributed by atoms with Gasteiger partial charge in [-0.1, -0.05) is 0 Å². The predicted molar refractivity (Wildman–Crippen MR) is 73.4 cm³/mol. The third kappa shape index (κ3) is 2.15. The van der Waals surface area contributed by atoms with Crippen LogP contribution in [0.4, 0.5) is 8.78 Å². The van der Waals surface area contributed by atoms with Crippen LogP contribution < -0.4 is 5.32 Å². The van der Waals surface area contributed by atoms with Crippen LogP contribution in [0, 0.1) is 17.6 Å². The van der Waals surface area contributed by atoms with Crippen molar-refractivity contribution in [1.82, 2.24) is 10.2 Å². The fourth-order valence-corrected chi connectivity index (χ4v) is 3.95. The van der Waals surface area contributed by atoms with E-state index in [1.165, 1.54) is 38.1 Å². The number of nitrogens with zero attached hydrogens (tertiary/aromatic N) is 1. The average molecular weight is 278 g/mol. The number of piperidine rings is 3. The molecular formula is C16H20F2N2. The van der Waals surface area contributed by atoms with Crippen molar-refractivity contribution in [3.05, 3.63) is 35.4 Å². The number of hydrogen-bond acceptors (Lipinski definition) is 2. The highest BCUT2D eigenvalue weighted by Crippen LogP contribution is 2.47. The molecule has 4 aliphatic rings. The Morgan fingerprint density at radius 1 is 1.05 bits per heavy atom. The Hall–Kier alpha value is -1.00. The molecule has 0 amide bonds. The average Bonchev–Trinajstić information content (AvgIpc) is 3.20. The van der Waals surface area contributed by atoms with Crippen molar-refractivity contribution in [2.24, 2.45) is 5.92 Å². The first-order valence-electron chi connectivity index (χ1n) is 7.61. The Morgan fingerprint density at radius 2 is 1.70 bits per heavy atom. The summed E-state index contributed by atoms with van der Waals surface area (Å²) in [6, 6.07) is 4.41. The number of hydrogen-bond donors (Lipinski definition) is 1. The highest BCUT2D eigenvalue weighted by atomic mass is 19.1. The summed E-state index contributed by atoms with van der Waals surface area (Å²) in [4.78, 5) is 2.50. The van der Waals surface area contributed by atoms with Crippen molar-refractivity contribution in [2.75, 3.05) is 19.6 Å². The number of fused-ring (bicyclic) bond motifs is 3. The highest BCUT2D eigenvalue weighted by Gasteiger charge is 2.48. The molecule has 4 heteroatoms. The molecule has 3 aliphatic heterocycles. The van der Waals surface area contributed by atoms with Crippen molar-refractivity contribution >= 4 is 0 Å². The lowest BCUT2D eigenvalue weighted by Gasteiger charge is -2.46. The lowest BCUT2D eigenvalue weighted by Crippen LogP contribution is -2.58. The molecule has 2 bridgehead atoms. The quantitative estimate of drug-likeness (QED) is 0.914. The van der Waals surface area contributed by atoms with Crippen molar-refractivity contribution in [2.45, 2.75) is 37.3 Å². The second-order valence-corrected chi connectivity index (χ2v) is 6.63. The van der Waals surface area contributed by atoms with E-state index in [1.807, 2.05) is 0 Å². The molecule has 0 unspecified atom stereocenters. The Morgan fingerprint density at radius 3 is 2.20 bits per heavy atom. The summed E-state index contributed by atoms with van der Waals surface area (Å²) < 4.78 is 26.9. The number of nitrogens with one attached hydrogen (secondary N) is 1. The van der Waals surface area contributed by atoms with Crippen LogP contribution in [0.1, 0.15) is 31.2 Å². The smallest absolute Gasteiger partial charge is 0.126 e. The largest absolute Gasteiger partial charge is 0.303 e. The van der Waals surface area contributed by atoms with E-state index in [2.05, 4.69) is 10.2 Å². The molecule has 3 saturated heterocycles. The zero-order chi connectivity index (χ0) is 13.7. The lowest BCUT2D eigenvalue weighted by atomic mass is 9.83. The van der Waals surface area contributed by atoms with Gasteiger partial charge in [-0.2, -0.15) is 0 Å². The van der Waals surface area contributed by atoms with Crippen LogP contribution in [0.5, 0.6) is 0 Å². The third-order valence-electron chi connectivity index (χ3n) is 5.28. The molecule has 3 heterocycles. The summed E-state index contributed by atoms with van der Waals surface area (Å²) in [6.07, 6.45) is 4.48. The van der Waals surface area contributed by atoms with Crippen LogP contribution in [0.2, 0.25) is 0 Å². The van der Waals surface area contributed by atoms with Crippen molar-refractivity contribution in [1.29, 1.82) is 0 Å². The molecule has 0 spiro atoms. The summed E-state index contributed by atoms with van der Waals surface area (Å²) in [5.74, 6) is -0.208. The minimum Gasteiger partial charge on any atom is -0.303 e. The van der Waals surface area contributed by atoms with Crippen LogP contribution in [0.3, 0.4) is 0 Å². The third-order valence-corrected chi connectivity index (χ3v) is 5.28. The molecule has 5 rings (SSSR count). The van der Waals surface area contributed by atoms with Gasteiger partial charge in [-0.25, -0.2) is 8.78 Å². The van der Waals surface area contributed by atoms with Gasteiger partial charge in [0, 0.05) is 24.2 Å². The normalized spacial score (nSPS) is 34.2. The molecule has 20 heavy (non-hydrogen) atoms. The van der Waals surface area contributed by atoms with Gasteiger partial charge < -0.3 is 10.2 Å². The molecule has 1 aromatic rings. The van der Waals surface area contributed by atoms with Crippen molar-refractivity contribution in [3.8, 4) is 0 Å². The number of rotatable bonds is 3. The Bertz CT molecular complexity index is 499. The molecule has 1 N–H and O–H groups in total. The van der Waals surface area contributed by atoms with Crippen molar-refractivity contribution < 1.29 is 8.78 Å². The molecule has 0 radical (unpaired) electrons. The van der Waals surface area contributed by atoms with Gasteiger partial charge in [-0.3, -0.25) is 0 Å². The first-order valence-corrected chi connectivity index (χ1v) is 7.61. The highest BCUT2D eigenvalue weighted by molar-refractivity contribution is 5.31. The van der Waals surface area contributed by atoms with Gasteiger partial charge in [0.15, 0.2) is 0 Å². The summed E-state index contributed by atoms with van der Waals surface area (Å²) in [5.41, 5.74) is 0.609. The van der Waals surface area contributed by atoms with E-state index in [-0.39, 0.29) is 5.54 Å². The molecular weight excluding hydrogens is 258 g/mol. The summed E-state index contributed by atoms with van der Waals surface area (Å²) in [6.45, 7) is 3.51. The Labute approximate surface area is 118 Å². The van der Waals surface area contributed by atoms with Crippen LogP contribution in [0.25, 0.3) is 0 Å². The van der Waals surface area contributed by atoms with Crippen LogP contribution in [-0.2, 0) is 5.54 Å². The van der Waals surface area contributed by atoms with E-state index in [0.717, 1.165) is 36.9 Å². The van der Waals surface area contributed by atoms with Gasteiger partial charge in [-0.05, 0) is 62.4 Å². The lowest BCUT2D eigenvalue weighted by molar-refractivity contribution is 0.0647. The molecule has 1 saturated carbocycles. The van der Waals surface area contributed by atoms with E-state index in [4.69, 9.17) is 0 Å². The fraction of sp³-hybridized carbons (Fsp3) is 0.625. The van der Waals surface area contributed by atoms with E-state index in [1.54, 1.807) is 0 Å². The monoisotopic (exact) mass is 278 g/mol. The predicted octanol–water partition coefficient (Wildman–Crippen LogP) is 2.64. The zero-order valence-electron chi connectivity index (χ0n) is 11.5. The summed E-state index contributed by atoms with van der Waals surface area (Å²) in [5, 5.41) is 3.73. The SMILES string of the molecule is Fc1cc(F)cc(C2(N[C@@H]3CN4CCC3CC4)CC2)c1. The standard InChI is InChI=1S/C16H20F2N2/c17-13-7-12(8-14(18)9-13)16(3-4-16)19-15-10-20-5-1-11(15)2-6-20/h7-9,11,15,19H,1-6,10H2/t15-/m1/s1. The minimum atomic E-state index is -0.470. The second kappa shape index (κ2) is 4.50. The zero-order valence-corrected chi connectivity index (χ0v) is 11.5. The van der Waals surface area contributed by atoms with Gasteiger partial charge in [0.25, 0.3) is 0 Å². The molecule has 1 atom stereocenters. The second-order valence-electron chi connectivity index (χ2n) is 6.63. The first kappa shape index (κ1) is 12.7. The van der Waals surface area contributed by atoms with Crippen molar-refractivity contribution in [3.63, 3.8) is 0 Å². The summed E-state index contributed by atoms with van der Waals surface area (Å²) >= 11 is 0. The van der Waals surface area contributed by atoms with E-state index in [0.29, 0.717) is 6.04 Å². The number of benzene rings is 1. The van der Waals surface area contributed by atoms with E-state index in [9.17, 15) is 8.78 Å². The Balaban J connectivity index is 1.55. The van der Waals surface area contributed by atoms with Gasteiger partial charge in [0.2, 0.25) is 0 Å².